The van der Waals surface area contributed by atoms with Crippen molar-refractivity contribution < 1.29 is 27.9 Å². The Kier molecular flexibility index (Phi) is 4.08. The van der Waals surface area contributed by atoms with Crippen LogP contribution in [-0.4, -0.2) is 11.8 Å². The predicted octanol–water partition coefficient (Wildman–Crippen LogP) is 4.56. The molecule has 6 heteroatoms. The van der Waals surface area contributed by atoms with E-state index in [1.807, 2.05) is 0 Å². The molecule has 5 nitrogen and oxygen atoms in total. The van der Waals surface area contributed by atoms with Crippen molar-refractivity contribution in [1.82, 2.24) is 0 Å². The Labute approximate surface area is 153 Å². The quantitative estimate of drug-likeness (QED) is 0.387. The second-order valence-corrected chi connectivity index (χ2v) is 5.92. The molecule has 2 heterocycles. The lowest BCUT2D eigenvalue weighted by molar-refractivity contribution is 0.0729. The number of furan rings is 1. The Morgan fingerprint density at radius 2 is 1.93 bits per heavy atom. The fourth-order valence-electron chi connectivity index (χ4n) is 2.68. The van der Waals surface area contributed by atoms with E-state index in [1.165, 1.54) is 48.5 Å². The first-order valence-corrected chi connectivity index (χ1v) is 8.13. The molecule has 0 amide bonds. The van der Waals surface area contributed by atoms with Crippen LogP contribution < -0.4 is 9.47 Å². The normalized spacial score (nSPS) is 14.1. The van der Waals surface area contributed by atoms with Crippen molar-refractivity contribution in [3.63, 3.8) is 0 Å². The molecule has 1 aliphatic rings. The SMILES string of the molecule is Cc1ccc(C=C2Oc3cc(OC(=O)c4ccccc4F)ccc3C2=O)o1. The molecule has 0 bridgehead atoms. The molecule has 27 heavy (non-hydrogen) atoms. The number of allylic oxidation sites excluding steroid dienone is 1. The van der Waals surface area contributed by atoms with E-state index in [2.05, 4.69) is 0 Å². The monoisotopic (exact) mass is 364 g/mol. The molecule has 0 saturated carbocycles. The maximum atomic E-state index is 13.7. The fourth-order valence-corrected chi connectivity index (χ4v) is 2.68. The fraction of sp³-hybridized carbons (Fsp3) is 0.0476. The van der Waals surface area contributed by atoms with E-state index < -0.39 is 11.8 Å². The molecule has 0 unspecified atom stereocenters. The second-order valence-electron chi connectivity index (χ2n) is 5.92. The van der Waals surface area contributed by atoms with E-state index >= 15 is 0 Å². The second kappa shape index (κ2) is 6.57. The van der Waals surface area contributed by atoms with E-state index in [0.29, 0.717) is 17.1 Å². The van der Waals surface area contributed by atoms with Gasteiger partial charge in [0.25, 0.3) is 0 Å². The number of carbonyl (C=O) groups is 2. The molecule has 0 atom stereocenters. The summed E-state index contributed by atoms with van der Waals surface area (Å²) in [5.41, 5.74) is 0.166. The van der Waals surface area contributed by atoms with Gasteiger partial charge in [0.1, 0.15) is 28.8 Å². The Morgan fingerprint density at radius 1 is 1.11 bits per heavy atom. The molecule has 134 valence electrons. The highest BCUT2D eigenvalue weighted by Crippen LogP contribution is 2.35. The lowest BCUT2D eigenvalue weighted by Crippen LogP contribution is -2.10. The summed E-state index contributed by atoms with van der Waals surface area (Å²) in [7, 11) is 0. The van der Waals surface area contributed by atoms with Crippen LogP contribution >= 0.6 is 0 Å². The summed E-state index contributed by atoms with van der Waals surface area (Å²) in [4.78, 5) is 24.5. The van der Waals surface area contributed by atoms with Crippen LogP contribution in [0.5, 0.6) is 11.5 Å². The van der Waals surface area contributed by atoms with Gasteiger partial charge in [0.15, 0.2) is 5.76 Å². The molecule has 1 aliphatic heterocycles. The van der Waals surface area contributed by atoms with Gasteiger partial charge in [0, 0.05) is 12.1 Å². The summed E-state index contributed by atoms with van der Waals surface area (Å²) in [6, 6.07) is 13.4. The number of aryl methyl sites for hydroxylation is 1. The van der Waals surface area contributed by atoms with Crippen molar-refractivity contribution in [2.45, 2.75) is 6.92 Å². The number of fused-ring (bicyclic) bond motifs is 1. The van der Waals surface area contributed by atoms with Gasteiger partial charge in [-0.1, -0.05) is 12.1 Å². The van der Waals surface area contributed by atoms with Crippen LogP contribution in [0, 0.1) is 12.7 Å². The van der Waals surface area contributed by atoms with Crippen LogP contribution in [0.15, 0.2) is 64.8 Å². The molecule has 1 aromatic heterocycles. The van der Waals surface area contributed by atoms with Gasteiger partial charge in [-0.05, 0) is 43.3 Å². The molecule has 0 radical (unpaired) electrons. The average Bonchev–Trinajstić information content (AvgIpc) is 3.19. The number of esters is 1. The summed E-state index contributed by atoms with van der Waals surface area (Å²) >= 11 is 0. The molecule has 3 aromatic rings. The Bertz CT molecular complexity index is 1090. The molecule has 2 aromatic carbocycles. The van der Waals surface area contributed by atoms with Gasteiger partial charge < -0.3 is 13.9 Å². The molecule has 0 fully saturated rings. The predicted molar refractivity (Wildman–Crippen MR) is 94.2 cm³/mol. The standard InChI is InChI=1S/C21H13FO5/c1-12-6-7-13(25-12)11-19-20(23)16-9-8-14(10-18(16)27-19)26-21(24)15-4-2-3-5-17(15)22/h2-11H,1H3. The highest BCUT2D eigenvalue weighted by atomic mass is 19.1. The van der Waals surface area contributed by atoms with E-state index in [4.69, 9.17) is 13.9 Å². The number of hydrogen-bond acceptors (Lipinski definition) is 5. The van der Waals surface area contributed by atoms with Gasteiger partial charge in [-0.25, -0.2) is 9.18 Å². The molecule has 0 aliphatic carbocycles. The maximum Gasteiger partial charge on any atom is 0.346 e. The van der Waals surface area contributed by atoms with Crippen LogP contribution in [0.25, 0.3) is 6.08 Å². The smallest absolute Gasteiger partial charge is 0.346 e. The van der Waals surface area contributed by atoms with E-state index in [1.54, 1.807) is 19.1 Å². The molecular formula is C21H13FO5. The number of hydrogen-bond donors (Lipinski definition) is 0. The molecule has 0 N–H and O–H groups in total. The summed E-state index contributed by atoms with van der Waals surface area (Å²) < 4.78 is 29.9. The highest BCUT2D eigenvalue weighted by Gasteiger charge is 2.28. The van der Waals surface area contributed by atoms with Gasteiger partial charge in [-0.3, -0.25) is 4.79 Å². The van der Waals surface area contributed by atoms with Gasteiger partial charge in [-0.2, -0.15) is 0 Å². The van der Waals surface area contributed by atoms with E-state index in [-0.39, 0.29) is 28.6 Å². The number of ether oxygens (including phenoxy) is 2. The minimum Gasteiger partial charge on any atom is -0.462 e. The molecule has 4 rings (SSSR count). The molecular weight excluding hydrogens is 351 g/mol. The zero-order chi connectivity index (χ0) is 19.0. The van der Waals surface area contributed by atoms with Crippen LogP contribution in [0.2, 0.25) is 0 Å². The zero-order valence-corrected chi connectivity index (χ0v) is 14.2. The number of ketones is 1. The topological polar surface area (TPSA) is 65.7 Å². The minimum absolute atomic E-state index is 0.108. The lowest BCUT2D eigenvalue weighted by atomic mass is 10.1. The summed E-state index contributed by atoms with van der Waals surface area (Å²) in [6.45, 7) is 1.80. The van der Waals surface area contributed by atoms with Crippen LogP contribution in [0.4, 0.5) is 4.39 Å². The zero-order valence-electron chi connectivity index (χ0n) is 14.2. The first kappa shape index (κ1) is 16.8. The van der Waals surface area contributed by atoms with Crippen molar-refractivity contribution in [3.8, 4) is 11.5 Å². The third kappa shape index (κ3) is 3.25. The number of carbonyl (C=O) groups excluding carboxylic acids is 2. The summed E-state index contributed by atoms with van der Waals surface area (Å²) in [5.74, 6) is -0.0866. The number of rotatable bonds is 3. The van der Waals surface area contributed by atoms with Crippen molar-refractivity contribution in [2.24, 2.45) is 0 Å². The van der Waals surface area contributed by atoms with Crippen molar-refractivity contribution in [1.29, 1.82) is 0 Å². The van der Waals surface area contributed by atoms with Gasteiger partial charge in [-0.15, -0.1) is 0 Å². The Hall–Kier alpha value is -3.67. The van der Waals surface area contributed by atoms with Crippen molar-refractivity contribution >= 4 is 17.8 Å². The summed E-state index contributed by atoms with van der Waals surface area (Å²) in [6.07, 6.45) is 1.50. The van der Waals surface area contributed by atoms with Gasteiger partial charge >= 0.3 is 5.97 Å². The summed E-state index contributed by atoms with van der Waals surface area (Å²) in [5, 5.41) is 0. The van der Waals surface area contributed by atoms with Crippen LogP contribution in [0.3, 0.4) is 0 Å². The third-order valence-corrected chi connectivity index (χ3v) is 3.98. The maximum absolute atomic E-state index is 13.7. The molecule has 0 saturated heterocycles. The van der Waals surface area contributed by atoms with E-state index in [0.717, 1.165) is 0 Å². The number of Topliss-reactive ketones (excluding diaryl/α,β-unsaturated/α-hetero) is 1. The third-order valence-electron chi connectivity index (χ3n) is 3.98. The first-order chi connectivity index (χ1) is 13.0. The highest BCUT2D eigenvalue weighted by molar-refractivity contribution is 6.14. The number of benzene rings is 2. The largest absolute Gasteiger partial charge is 0.462 e. The Balaban J connectivity index is 1.57. The average molecular weight is 364 g/mol. The van der Waals surface area contributed by atoms with Crippen molar-refractivity contribution in [3.05, 3.63) is 88.8 Å². The van der Waals surface area contributed by atoms with Crippen LogP contribution in [-0.2, 0) is 0 Å². The first-order valence-electron chi connectivity index (χ1n) is 8.13. The van der Waals surface area contributed by atoms with Crippen LogP contribution in [0.1, 0.15) is 32.2 Å². The minimum atomic E-state index is -0.834. The number of halogens is 1. The lowest BCUT2D eigenvalue weighted by Gasteiger charge is -2.06. The van der Waals surface area contributed by atoms with Gasteiger partial charge in [0.2, 0.25) is 5.78 Å². The van der Waals surface area contributed by atoms with Crippen molar-refractivity contribution in [2.75, 3.05) is 0 Å². The van der Waals surface area contributed by atoms with E-state index in [9.17, 15) is 14.0 Å². The Morgan fingerprint density at radius 3 is 2.67 bits per heavy atom. The molecule has 0 spiro atoms. The van der Waals surface area contributed by atoms with Gasteiger partial charge in [0.05, 0.1) is 11.1 Å².